The molecule has 6 heteroatoms. The van der Waals surface area contributed by atoms with Crippen molar-refractivity contribution in [2.45, 2.75) is 103 Å². The summed E-state index contributed by atoms with van der Waals surface area (Å²) in [5.74, 6) is 1.09. The topological polar surface area (TPSA) is 35.9 Å². The number of para-hydroxylation sites is 1. The first-order valence-electron chi connectivity index (χ1n) is 36.4. The molecule has 0 saturated heterocycles. The molecule has 3 heterocycles. The predicted octanol–water partition coefficient (Wildman–Crippen LogP) is 17.5. The van der Waals surface area contributed by atoms with E-state index in [4.69, 9.17) is 30.3 Å². The van der Waals surface area contributed by atoms with Gasteiger partial charge < -0.3 is 13.9 Å². The number of benzene rings is 8. The maximum atomic E-state index is 10.5. The zero-order valence-electron chi connectivity index (χ0n) is 66.2. The predicted molar refractivity (Wildman–Crippen MR) is 309 cm³/mol. The Morgan fingerprint density at radius 3 is 2.08 bits per heavy atom. The molecular weight excluding hydrogens is 1110 g/mol. The van der Waals surface area contributed by atoms with E-state index >= 15 is 0 Å². The molecule has 1 aliphatic rings. The van der Waals surface area contributed by atoms with Gasteiger partial charge in [0.1, 0.15) is 5.82 Å². The Morgan fingerprint density at radius 2 is 1.33 bits per heavy atom. The summed E-state index contributed by atoms with van der Waals surface area (Å²) in [6.45, 7) is -5.97. The summed E-state index contributed by atoms with van der Waals surface area (Å²) in [6.07, 6.45) is -4.13. The SMILES string of the molecule is [2H]c1c([2H])c([2H])c(-c2cc(C(C)(C)C)cc(-c3c([2H])c([2H])c4c(c3[2H])C(C([2H])([2H])[2H])(C([2H])([2H])[2H])C([2H])([2H])C([2H])([2H])C4(C([2H])([2H])[2H])C([2H])([2H])[2H])c2-[n+]2[c-]n(-c3[c-]c(Oc4[c-]c5c(cc4)c4ccccc4n5-c4cc(C(C)(C)C)ccn4)ccc3)c3cc(-c4ccccc4)ccc32)c([2H])c1[2H].[Pt]. The molecule has 0 atom stereocenters. The standard InChI is InChI=1S/C70H64N4O.Pt/c1-67(2,3)50-34-37-71-65(42-50)74-61-27-18-17-26-55(61)56-31-30-54(44-63(56)74)75-53-25-19-24-52(43-53)72-45-73(62-33-29-48(39-64(62)72)46-20-13-11-14-21-46)66-57(47-22-15-12-16-23-47)40-51(68(4,5)6)41-58(66)49-28-32-59-60(38-49)70(9,10)36-35-69(59,7)8;/h11-34,37-42H,35-36H2,1-10H3;/q-2;/i7D3,8D3,9D3,10D3,12D,15D,16D,22D,23D,28D,32D,35D2,36D2,38D;. The average molecular weight is 1200 g/mol. The second kappa shape index (κ2) is 19.0. The van der Waals surface area contributed by atoms with E-state index in [0.717, 1.165) is 27.4 Å². The van der Waals surface area contributed by atoms with Crippen molar-refractivity contribution >= 4 is 32.8 Å². The zero-order chi connectivity index (χ0) is 72.6. The molecule has 0 bridgehead atoms. The van der Waals surface area contributed by atoms with Crippen molar-refractivity contribution in [3.05, 3.63) is 223 Å². The van der Waals surface area contributed by atoms with Gasteiger partial charge in [0.05, 0.1) is 27.7 Å². The molecule has 11 aromatic rings. The molecule has 0 aliphatic heterocycles. The molecule has 0 fully saturated rings. The van der Waals surface area contributed by atoms with E-state index in [-0.39, 0.29) is 66.0 Å². The number of fused-ring (bicyclic) bond motifs is 5. The Balaban J connectivity index is 0.0000101. The van der Waals surface area contributed by atoms with E-state index < -0.39 is 133 Å². The summed E-state index contributed by atoms with van der Waals surface area (Å²) in [5, 5.41) is 1.81. The summed E-state index contributed by atoms with van der Waals surface area (Å²) < 4.78 is 234. The van der Waals surface area contributed by atoms with Gasteiger partial charge in [-0.3, -0.25) is 4.57 Å². The van der Waals surface area contributed by atoms with Crippen LogP contribution in [0.15, 0.2) is 182 Å². The summed E-state index contributed by atoms with van der Waals surface area (Å²) in [6, 6.07) is 36.2. The molecule has 0 N–H and O–H groups in total. The van der Waals surface area contributed by atoms with E-state index in [0.29, 0.717) is 22.4 Å². The van der Waals surface area contributed by atoms with Gasteiger partial charge in [-0.1, -0.05) is 196 Å². The van der Waals surface area contributed by atoms with E-state index in [1.54, 1.807) is 74.0 Å². The first-order chi connectivity index (χ1) is 45.8. The van der Waals surface area contributed by atoms with E-state index in [9.17, 15) is 12.3 Å². The number of aromatic nitrogens is 4. The van der Waals surface area contributed by atoms with Gasteiger partial charge in [-0.25, -0.2) is 4.98 Å². The van der Waals surface area contributed by atoms with Crippen LogP contribution in [0.25, 0.3) is 83.4 Å². The fourth-order valence-electron chi connectivity index (χ4n) is 9.68. The van der Waals surface area contributed by atoms with Crippen LogP contribution in [0, 0.1) is 18.5 Å². The molecule has 0 amide bonds. The third kappa shape index (κ3) is 9.11. The number of pyridine rings is 1. The minimum Gasteiger partial charge on any atom is -0.510 e. The van der Waals surface area contributed by atoms with Crippen LogP contribution in [0.5, 0.6) is 11.5 Å². The van der Waals surface area contributed by atoms with E-state index in [1.807, 2.05) is 77.4 Å². The molecule has 382 valence electrons. The first kappa shape index (κ1) is 29.8. The van der Waals surface area contributed by atoms with Crippen LogP contribution in [-0.4, -0.2) is 14.1 Å². The van der Waals surface area contributed by atoms with Crippen molar-refractivity contribution < 1.29 is 63.3 Å². The number of ether oxygens (including phenoxy) is 1. The molecule has 76 heavy (non-hydrogen) atoms. The minimum absolute atomic E-state index is 0. The quantitative estimate of drug-likeness (QED) is 0.112. The first-order valence-corrected chi connectivity index (χ1v) is 24.4. The number of rotatable bonds is 8. The van der Waals surface area contributed by atoms with Gasteiger partial charge >= 0.3 is 0 Å². The minimum atomic E-state index is -4.65. The van der Waals surface area contributed by atoms with Crippen LogP contribution in [0.3, 0.4) is 0 Å². The van der Waals surface area contributed by atoms with Crippen molar-refractivity contribution in [2.24, 2.45) is 0 Å². The van der Waals surface area contributed by atoms with Gasteiger partial charge in [0.15, 0.2) is 0 Å². The monoisotopic (exact) mass is 1200 g/mol. The Labute approximate surface area is 496 Å². The molecule has 0 spiro atoms. The van der Waals surface area contributed by atoms with Crippen molar-refractivity contribution in [1.82, 2.24) is 14.1 Å². The van der Waals surface area contributed by atoms with Gasteiger partial charge in [-0.15, -0.1) is 29.7 Å². The third-order valence-electron chi connectivity index (χ3n) is 13.6. The smallest absolute Gasteiger partial charge is 0.268 e. The van der Waals surface area contributed by atoms with Gasteiger partial charge in [-0.05, 0) is 125 Å². The molecule has 3 aromatic heterocycles. The Hall–Kier alpha value is -7.33. The van der Waals surface area contributed by atoms with Crippen LogP contribution in [-0.2, 0) is 42.7 Å². The summed E-state index contributed by atoms with van der Waals surface area (Å²) in [4.78, 5) is 4.81. The molecular formula is C70H64N4OPt-2. The molecule has 1 aliphatic carbocycles. The Morgan fingerprint density at radius 1 is 0.618 bits per heavy atom. The van der Waals surface area contributed by atoms with E-state index in [1.165, 1.54) is 16.7 Å². The van der Waals surface area contributed by atoms with Crippen molar-refractivity contribution in [3.63, 3.8) is 0 Å². The molecule has 0 radical (unpaired) electrons. The Bertz CT molecular complexity index is 5090. The second-order valence-corrected chi connectivity index (χ2v) is 20.9. The Kier molecular flexibility index (Phi) is 7.48. The molecule has 0 unspecified atom stereocenters. The van der Waals surface area contributed by atoms with Crippen LogP contribution in [0.2, 0.25) is 0 Å². The number of nitrogens with zero attached hydrogens (tertiary/aromatic N) is 4. The van der Waals surface area contributed by atoms with E-state index in [2.05, 4.69) is 39.2 Å². The largest absolute Gasteiger partial charge is 0.510 e. The second-order valence-electron chi connectivity index (χ2n) is 20.9. The van der Waals surface area contributed by atoms with Crippen LogP contribution in [0.4, 0.5) is 0 Å². The van der Waals surface area contributed by atoms with Gasteiger partial charge in [0.25, 0.3) is 6.33 Å². The molecule has 0 saturated carbocycles. The summed E-state index contributed by atoms with van der Waals surface area (Å²) in [7, 11) is 0. The van der Waals surface area contributed by atoms with Crippen molar-refractivity contribution in [1.29, 1.82) is 0 Å². The molecule has 8 aromatic carbocycles. The number of hydrogen-bond donors (Lipinski definition) is 0. The van der Waals surface area contributed by atoms with Crippen molar-refractivity contribution in [2.75, 3.05) is 0 Å². The normalized spacial score (nSPS) is 20.8. The average Bonchev–Trinajstić information content (AvgIpc) is 0.745. The molecule has 5 nitrogen and oxygen atoms in total. The van der Waals surface area contributed by atoms with Gasteiger partial charge in [0, 0.05) is 66.2 Å². The summed E-state index contributed by atoms with van der Waals surface area (Å²) >= 11 is 0. The number of hydrogen-bond acceptors (Lipinski definition) is 2. The van der Waals surface area contributed by atoms with Crippen LogP contribution < -0.4 is 9.30 Å². The van der Waals surface area contributed by atoms with Crippen LogP contribution >= 0.6 is 0 Å². The van der Waals surface area contributed by atoms with Gasteiger partial charge in [-0.2, -0.15) is 18.2 Å². The van der Waals surface area contributed by atoms with Crippen LogP contribution in [0.1, 0.15) is 137 Å². The maximum Gasteiger partial charge on any atom is 0.268 e. The zero-order valence-corrected chi connectivity index (χ0v) is 44.5. The number of imidazole rings is 1. The van der Waals surface area contributed by atoms with Crippen molar-refractivity contribution in [3.8, 4) is 62.1 Å². The molecule has 12 rings (SSSR count). The van der Waals surface area contributed by atoms with Gasteiger partial charge in [0.2, 0.25) is 0 Å². The fourth-order valence-corrected chi connectivity index (χ4v) is 9.68. The maximum absolute atomic E-state index is 10.5. The fraction of sp³-hybridized carbons (Fsp3) is 0.229. The summed E-state index contributed by atoms with van der Waals surface area (Å²) in [5.41, 5.74) is -11.3. The third-order valence-corrected chi connectivity index (χ3v) is 13.6.